The van der Waals surface area contributed by atoms with E-state index in [1.807, 2.05) is 6.07 Å². The van der Waals surface area contributed by atoms with Crippen LogP contribution in [-0.4, -0.2) is 17.9 Å². The number of amides is 1. The summed E-state index contributed by atoms with van der Waals surface area (Å²) >= 11 is 0. The normalized spacial score (nSPS) is 10.8. The zero-order valence-corrected chi connectivity index (χ0v) is 18.4. The zero-order chi connectivity index (χ0) is 24.7. The molecule has 9 heteroatoms. The van der Waals surface area contributed by atoms with Crippen LogP contribution in [0.25, 0.3) is 6.08 Å². The van der Waals surface area contributed by atoms with Crippen molar-refractivity contribution in [2.24, 2.45) is 0 Å². The molecule has 0 atom stereocenters. The Kier molecular flexibility index (Phi) is 7.56. The molecule has 0 saturated carbocycles. The predicted molar refractivity (Wildman–Crippen MR) is 124 cm³/mol. The number of nitrogens with zero attached hydrogens (tertiary/aromatic N) is 2. The van der Waals surface area contributed by atoms with Crippen molar-refractivity contribution in [1.82, 2.24) is 0 Å². The molecule has 3 aromatic rings. The monoisotopic (exact) mass is 461 g/mol. The molecule has 0 aliphatic rings. The highest BCUT2D eigenvalue weighted by atomic mass is 19.1. The number of nitriles is 1. The van der Waals surface area contributed by atoms with Crippen LogP contribution in [0.1, 0.15) is 16.7 Å². The van der Waals surface area contributed by atoms with Crippen LogP contribution in [0.15, 0.2) is 66.2 Å². The van der Waals surface area contributed by atoms with Crippen LogP contribution in [0.4, 0.5) is 15.8 Å². The van der Waals surface area contributed by atoms with Crippen molar-refractivity contribution >= 4 is 23.4 Å². The third-order valence-corrected chi connectivity index (χ3v) is 4.88. The van der Waals surface area contributed by atoms with Gasteiger partial charge in [-0.3, -0.25) is 14.9 Å². The van der Waals surface area contributed by atoms with Crippen molar-refractivity contribution in [3.63, 3.8) is 0 Å². The molecule has 0 radical (unpaired) electrons. The van der Waals surface area contributed by atoms with Crippen molar-refractivity contribution < 1.29 is 23.6 Å². The fraction of sp³-hybridized carbons (Fsp3) is 0.120. The van der Waals surface area contributed by atoms with E-state index < -0.39 is 10.8 Å². The molecule has 172 valence electrons. The second-order valence-electron chi connectivity index (χ2n) is 7.17. The molecule has 0 aromatic heterocycles. The van der Waals surface area contributed by atoms with Crippen LogP contribution in [-0.2, 0) is 11.4 Å². The lowest BCUT2D eigenvalue weighted by atomic mass is 10.1. The number of nitro groups is 1. The van der Waals surface area contributed by atoms with Gasteiger partial charge >= 0.3 is 0 Å². The highest BCUT2D eigenvalue weighted by Gasteiger charge is 2.15. The average molecular weight is 461 g/mol. The number of nitrogens with one attached hydrogen (secondary N) is 1. The van der Waals surface area contributed by atoms with Crippen molar-refractivity contribution in [3.05, 3.63) is 98.9 Å². The van der Waals surface area contributed by atoms with Gasteiger partial charge in [0.2, 0.25) is 0 Å². The van der Waals surface area contributed by atoms with Crippen LogP contribution in [0.5, 0.6) is 11.5 Å². The van der Waals surface area contributed by atoms with Gasteiger partial charge in [0.25, 0.3) is 11.6 Å². The highest BCUT2D eigenvalue weighted by Crippen LogP contribution is 2.30. The SMILES string of the molecule is COc1cc(/C=C(\C#N)C(=O)Nc2cc([N+](=O)[O-])ccc2C)ccc1OCc1ccccc1F. The summed E-state index contributed by atoms with van der Waals surface area (Å²) in [6, 6.07) is 16.9. The minimum Gasteiger partial charge on any atom is -0.493 e. The lowest BCUT2D eigenvalue weighted by Crippen LogP contribution is -2.14. The molecule has 0 spiro atoms. The lowest BCUT2D eigenvalue weighted by molar-refractivity contribution is -0.384. The Labute approximate surface area is 195 Å². The molecule has 0 bridgehead atoms. The predicted octanol–water partition coefficient (Wildman–Crippen LogP) is 5.18. The number of methoxy groups -OCH3 is 1. The van der Waals surface area contributed by atoms with E-state index >= 15 is 0 Å². The Hall–Kier alpha value is -4.71. The zero-order valence-electron chi connectivity index (χ0n) is 18.4. The van der Waals surface area contributed by atoms with Crippen LogP contribution >= 0.6 is 0 Å². The quantitative estimate of drug-likeness (QED) is 0.214. The molecular weight excluding hydrogens is 441 g/mol. The summed E-state index contributed by atoms with van der Waals surface area (Å²) in [5.74, 6) is -0.412. The molecule has 3 rings (SSSR count). The van der Waals surface area contributed by atoms with Gasteiger partial charge in [-0.25, -0.2) is 4.39 Å². The maximum Gasteiger partial charge on any atom is 0.271 e. The van der Waals surface area contributed by atoms with Crippen LogP contribution in [0.3, 0.4) is 0 Å². The first-order chi connectivity index (χ1) is 16.3. The van der Waals surface area contributed by atoms with E-state index in [-0.39, 0.29) is 29.4 Å². The first kappa shape index (κ1) is 23.9. The summed E-state index contributed by atoms with van der Waals surface area (Å²) in [5.41, 5.74) is 1.31. The molecule has 0 unspecified atom stereocenters. The Balaban J connectivity index is 1.79. The van der Waals surface area contributed by atoms with E-state index in [0.717, 1.165) is 0 Å². The smallest absolute Gasteiger partial charge is 0.271 e. The number of carbonyl (C=O) groups excluding carboxylic acids is 1. The van der Waals surface area contributed by atoms with E-state index in [2.05, 4.69) is 5.32 Å². The van der Waals surface area contributed by atoms with Crippen molar-refractivity contribution in [2.45, 2.75) is 13.5 Å². The first-order valence-corrected chi connectivity index (χ1v) is 10.0. The van der Waals surface area contributed by atoms with Gasteiger partial charge in [0, 0.05) is 17.7 Å². The molecule has 0 saturated heterocycles. The van der Waals surface area contributed by atoms with E-state index in [1.165, 1.54) is 37.5 Å². The third kappa shape index (κ3) is 5.75. The number of aryl methyl sites for hydroxylation is 1. The minimum absolute atomic E-state index is 0.00731. The van der Waals surface area contributed by atoms with E-state index in [9.17, 15) is 24.6 Å². The number of hydrogen-bond donors (Lipinski definition) is 1. The third-order valence-electron chi connectivity index (χ3n) is 4.88. The summed E-state index contributed by atoms with van der Waals surface area (Å²) in [5, 5.41) is 23.0. The van der Waals surface area contributed by atoms with E-state index in [1.54, 1.807) is 43.3 Å². The fourth-order valence-corrected chi connectivity index (χ4v) is 3.03. The number of halogens is 1. The molecule has 0 heterocycles. The molecule has 1 amide bonds. The summed E-state index contributed by atoms with van der Waals surface area (Å²) in [6.07, 6.45) is 1.35. The standard InChI is InChI=1S/C25H20FN3O5/c1-16-7-9-20(29(31)32)13-22(16)28-25(30)19(14-27)11-17-8-10-23(24(12-17)33-2)34-15-18-5-3-4-6-21(18)26/h3-13H,15H2,1-2H3,(H,28,30)/b19-11+. The highest BCUT2D eigenvalue weighted by molar-refractivity contribution is 6.10. The molecular formula is C25H20FN3O5. The second kappa shape index (κ2) is 10.7. The van der Waals surface area contributed by atoms with Gasteiger partial charge in [0.1, 0.15) is 24.1 Å². The molecule has 3 aromatic carbocycles. The fourth-order valence-electron chi connectivity index (χ4n) is 3.03. The Morgan fingerprint density at radius 2 is 1.94 bits per heavy atom. The van der Waals surface area contributed by atoms with Crippen molar-refractivity contribution in [1.29, 1.82) is 5.26 Å². The largest absolute Gasteiger partial charge is 0.493 e. The molecule has 34 heavy (non-hydrogen) atoms. The number of benzene rings is 3. The van der Waals surface area contributed by atoms with Crippen LogP contribution in [0.2, 0.25) is 0 Å². The molecule has 8 nitrogen and oxygen atoms in total. The van der Waals surface area contributed by atoms with E-state index in [0.29, 0.717) is 28.2 Å². The number of anilines is 1. The number of rotatable bonds is 8. The lowest BCUT2D eigenvalue weighted by Gasteiger charge is -2.12. The van der Waals surface area contributed by atoms with Gasteiger partial charge in [0.15, 0.2) is 11.5 Å². The van der Waals surface area contributed by atoms with Gasteiger partial charge < -0.3 is 14.8 Å². The topological polar surface area (TPSA) is 114 Å². The van der Waals surface area contributed by atoms with Gasteiger partial charge in [-0.2, -0.15) is 5.26 Å². The van der Waals surface area contributed by atoms with Gasteiger partial charge in [-0.05, 0) is 42.3 Å². The van der Waals surface area contributed by atoms with Gasteiger partial charge in [0.05, 0.1) is 17.7 Å². The number of non-ortho nitro benzene ring substituents is 1. The number of ether oxygens (including phenoxy) is 2. The summed E-state index contributed by atoms with van der Waals surface area (Å²) in [4.78, 5) is 23.1. The van der Waals surface area contributed by atoms with Crippen molar-refractivity contribution in [3.8, 4) is 17.6 Å². The number of carbonyl (C=O) groups is 1. The van der Waals surface area contributed by atoms with Crippen LogP contribution in [0, 0.1) is 34.2 Å². The maximum absolute atomic E-state index is 13.8. The summed E-state index contributed by atoms with van der Waals surface area (Å²) in [6.45, 7) is 1.67. The van der Waals surface area contributed by atoms with Crippen molar-refractivity contribution in [2.75, 3.05) is 12.4 Å². The Morgan fingerprint density at radius 3 is 2.62 bits per heavy atom. The Morgan fingerprint density at radius 1 is 1.18 bits per heavy atom. The maximum atomic E-state index is 13.8. The molecule has 0 aliphatic heterocycles. The summed E-state index contributed by atoms with van der Waals surface area (Å²) in [7, 11) is 1.43. The summed E-state index contributed by atoms with van der Waals surface area (Å²) < 4.78 is 24.8. The first-order valence-electron chi connectivity index (χ1n) is 10.0. The minimum atomic E-state index is -0.718. The molecule has 0 aliphatic carbocycles. The number of hydrogen-bond acceptors (Lipinski definition) is 6. The molecule has 0 fully saturated rings. The second-order valence-corrected chi connectivity index (χ2v) is 7.17. The average Bonchev–Trinajstić information content (AvgIpc) is 2.83. The molecule has 1 N–H and O–H groups in total. The van der Waals surface area contributed by atoms with Gasteiger partial charge in [-0.1, -0.05) is 30.3 Å². The van der Waals surface area contributed by atoms with Crippen LogP contribution < -0.4 is 14.8 Å². The Bertz CT molecular complexity index is 1310. The van der Waals surface area contributed by atoms with E-state index in [4.69, 9.17) is 9.47 Å². The number of nitro benzene ring substituents is 1. The van der Waals surface area contributed by atoms with Gasteiger partial charge in [-0.15, -0.1) is 0 Å².